The smallest absolute Gasteiger partial charge is 0.143 e. The lowest BCUT2D eigenvalue weighted by molar-refractivity contribution is 0.660. The Hall–Kier alpha value is -8.46. The van der Waals surface area contributed by atoms with Crippen molar-refractivity contribution in [1.82, 2.24) is 0 Å². The number of hydrogen-bond acceptors (Lipinski definition) is 2. The van der Waals surface area contributed by atoms with Crippen molar-refractivity contribution in [3.63, 3.8) is 0 Å². The summed E-state index contributed by atoms with van der Waals surface area (Å²) in [7, 11) is 0. The minimum absolute atomic E-state index is 0.0865. The molecule has 0 saturated heterocycles. The van der Waals surface area contributed by atoms with Gasteiger partial charge in [-0.3, -0.25) is 0 Å². The van der Waals surface area contributed by atoms with E-state index in [1.165, 1.54) is 94.0 Å². The number of para-hydroxylation sites is 2. The van der Waals surface area contributed by atoms with Crippen molar-refractivity contribution >= 4 is 60.5 Å². The van der Waals surface area contributed by atoms with Gasteiger partial charge in [0.25, 0.3) is 0 Å². The van der Waals surface area contributed by atoms with Gasteiger partial charge in [-0.1, -0.05) is 216 Å². The third-order valence-corrected chi connectivity index (χ3v) is 15.9. The maximum Gasteiger partial charge on any atom is 0.143 e. The second kappa shape index (κ2) is 15.0. The van der Waals surface area contributed by atoms with E-state index in [9.17, 15) is 0 Å². The molecular weight excluding hydrogens is 847 g/mol. The fraction of sp³-hybridized carbons (Fsp3) is 0.0882. The van der Waals surface area contributed by atoms with Crippen molar-refractivity contribution < 1.29 is 4.42 Å². The van der Waals surface area contributed by atoms with Crippen molar-refractivity contribution in [2.24, 2.45) is 0 Å². The highest BCUT2D eigenvalue weighted by Gasteiger charge is 2.38. The fourth-order valence-corrected chi connectivity index (χ4v) is 12.5. The molecule has 2 heteroatoms. The second-order valence-electron chi connectivity index (χ2n) is 20.3. The average molecular weight is 896 g/mol. The number of anilines is 3. The lowest BCUT2D eigenvalue weighted by Crippen LogP contribution is -2.16. The Morgan fingerprint density at radius 1 is 0.314 bits per heavy atom. The highest BCUT2D eigenvalue weighted by Crippen LogP contribution is 2.56. The Morgan fingerprint density at radius 3 is 1.60 bits per heavy atom. The van der Waals surface area contributed by atoms with Gasteiger partial charge in [0.15, 0.2) is 0 Å². The molecule has 11 aromatic carbocycles. The van der Waals surface area contributed by atoms with Crippen LogP contribution in [0.2, 0.25) is 0 Å². The molecule has 0 atom stereocenters. The minimum atomic E-state index is -0.145. The largest absolute Gasteiger partial charge is 0.455 e. The van der Waals surface area contributed by atoms with Crippen LogP contribution in [0.1, 0.15) is 49.9 Å². The molecule has 0 saturated carbocycles. The Morgan fingerprint density at radius 2 is 0.814 bits per heavy atom. The first-order chi connectivity index (χ1) is 34.3. The number of rotatable bonds is 6. The molecule has 14 rings (SSSR count). The summed E-state index contributed by atoms with van der Waals surface area (Å²) in [6.45, 7) is 9.47. The van der Waals surface area contributed by atoms with Crippen LogP contribution in [0, 0.1) is 0 Å². The summed E-state index contributed by atoms with van der Waals surface area (Å²) in [5.41, 5.74) is 22.9. The SMILES string of the molecule is CC1(C)c2ccccc2-c2ccc(-c3ccc(N(c4ccc(-c5ccc(-c6cccc7c6oc6ccccc67)c6ccccc56)cc4)c4cccc5c4-c4ccccc4C5(C)C)c4ccccc34)cc21. The Balaban J connectivity index is 0.930. The van der Waals surface area contributed by atoms with Crippen LogP contribution in [0.4, 0.5) is 17.1 Å². The van der Waals surface area contributed by atoms with E-state index in [4.69, 9.17) is 4.42 Å². The Labute approximate surface area is 408 Å². The van der Waals surface area contributed by atoms with Crippen LogP contribution in [-0.2, 0) is 10.8 Å². The fourth-order valence-electron chi connectivity index (χ4n) is 12.5. The summed E-state index contributed by atoms with van der Waals surface area (Å²) in [6, 6.07) is 83.1. The maximum absolute atomic E-state index is 6.55. The molecule has 1 heterocycles. The molecule has 2 aliphatic carbocycles. The predicted molar refractivity (Wildman–Crippen MR) is 295 cm³/mol. The lowest BCUT2D eigenvalue weighted by Gasteiger charge is -2.30. The third-order valence-electron chi connectivity index (χ3n) is 15.9. The van der Waals surface area contributed by atoms with Gasteiger partial charge in [0.2, 0.25) is 0 Å². The highest BCUT2D eigenvalue weighted by molar-refractivity contribution is 6.14. The van der Waals surface area contributed by atoms with Gasteiger partial charge in [-0.25, -0.2) is 0 Å². The summed E-state index contributed by atoms with van der Waals surface area (Å²) in [4.78, 5) is 2.52. The summed E-state index contributed by atoms with van der Waals surface area (Å²) in [6.07, 6.45) is 0. The summed E-state index contributed by atoms with van der Waals surface area (Å²) in [5, 5.41) is 7.12. The van der Waals surface area contributed by atoms with Gasteiger partial charge in [-0.05, 0) is 119 Å². The molecule has 12 aromatic rings. The molecule has 1 aromatic heterocycles. The summed E-state index contributed by atoms with van der Waals surface area (Å²) >= 11 is 0. The first-order valence-corrected chi connectivity index (χ1v) is 24.6. The number of hydrogen-bond donors (Lipinski definition) is 0. The normalized spacial score (nSPS) is 13.9. The van der Waals surface area contributed by atoms with E-state index >= 15 is 0 Å². The highest BCUT2D eigenvalue weighted by atomic mass is 16.3. The first kappa shape index (κ1) is 40.6. The Kier molecular flexibility index (Phi) is 8.71. The molecule has 0 radical (unpaired) electrons. The van der Waals surface area contributed by atoms with E-state index in [1.807, 2.05) is 6.07 Å². The zero-order valence-electron chi connectivity index (χ0n) is 39.7. The summed E-state index contributed by atoms with van der Waals surface area (Å²) < 4.78 is 6.55. The van der Waals surface area contributed by atoms with Gasteiger partial charge in [-0.15, -0.1) is 0 Å². The number of benzene rings is 11. The van der Waals surface area contributed by atoms with E-state index < -0.39 is 0 Å². The maximum atomic E-state index is 6.55. The van der Waals surface area contributed by atoms with Gasteiger partial charge >= 0.3 is 0 Å². The van der Waals surface area contributed by atoms with Crippen LogP contribution in [0.3, 0.4) is 0 Å². The van der Waals surface area contributed by atoms with E-state index in [0.29, 0.717) is 0 Å². The average Bonchev–Trinajstić information content (AvgIpc) is 3.99. The van der Waals surface area contributed by atoms with E-state index in [1.54, 1.807) is 0 Å². The van der Waals surface area contributed by atoms with Crippen molar-refractivity contribution in [3.8, 4) is 55.6 Å². The predicted octanol–water partition coefficient (Wildman–Crippen LogP) is 19.0. The zero-order chi connectivity index (χ0) is 46.9. The molecule has 0 spiro atoms. The molecule has 0 fully saturated rings. The molecule has 2 nitrogen and oxygen atoms in total. The number of furan rings is 1. The molecule has 70 heavy (non-hydrogen) atoms. The van der Waals surface area contributed by atoms with Crippen molar-refractivity contribution in [2.75, 3.05) is 4.90 Å². The quantitative estimate of drug-likeness (QED) is 0.165. The van der Waals surface area contributed by atoms with Gasteiger partial charge in [-0.2, -0.15) is 0 Å². The van der Waals surface area contributed by atoms with E-state index in [-0.39, 0.29) is 10.8 Å². The second-order valence-corrected chi connectivity index (χ2v) is 20.3. The van der Waals surface area contributed by atoms with Crippen LogP contribution < -0.4 is 4.90 Å². The molecule has 0 N–H and O–H groups in total. The third kappa shape index (κ3) is 5.80. The molecule has 0 unspecified atom stereocenters. The number of fused-ring (bicyclic) bond motifs is 11. The van der Waals surface area contributed by atoms with Crippen LogP contribution in [0.25, 0.3) is 99.1 Å². The van der Waals surface area contributed by atoms with Crippen LogP contribution in [0.5, 0.6) is 0 Å². The van der Waals surface area contributed by atoms with Crippen LogP contribution in [-0.4, -0.2) is 0 Å². The molecule has 0 aliphatic heterocycles. The number of nitrogens with zero attached hydrogens (tertiary/aromatic N) is 1. The molecule has 0 bridgehead atoms. The van der Waals surface area contributed by atoms with Crippen molar-refractivity contribution in [2.45, 2.75) is 38.5 Å². The van der Waals surface area contributed by atoms with Gasteiger partial charge in [0.1, 0.15) is 11.2 Å². The summed E-state index contributed by atoms with van der Waals surface area (Å²) in [5.74, 6) is 0. The first-order valence-electron chi connectivity index (χ1n) is 24.6. The minimum Gasteiger partial charge on any atom is -0.455 e. The molecule has 332 valence electrons. The van der Waals surface area contributed by atoms with E-state index in [2.05, 4.69) is 251 Å². The molecular formula is C68H49NO. The van der Waals surface area contributed by atoms with Gasteiger partial charge in [0.05, 0.1) is 11.4 Å². The van der Waals surface area contributed by atoms with Crippen molar-refractivity contribution in [3.05, 3.63) is 247 Å². The zero-order valence-corrected chi connectivity index (χ0v) is 39.7. The van der Waals surface area contributed by atoms with Crippen LogP contribution >= 0.6 is 0 Å². The Bertz CT molecular complexity index is 4130. The topological polar surface area (TPSA) is 16.4 Å². The molecule has 2 aliphatic rings. The van der Waals surface area contributed by atoms with Crippen molar-refractivity contribution in [1.29, 1.82) is 0 Å². The monoisotopic (exact) mass is 895 g/mol. The molecule has 0 amide bonds. The van der Waals surface area contributed by atoms with E-state index in [0.717, 1.165) is 44.4 Å². The lowest BCUT2D eigenvalue weighted by atomic mass is 9.81. The standard InChI is InChI=1S/C68H49NO/c1-67(2)59-27-13-10-23-57(59)65-60(67)28-16-29-63(65)69(62-40-39-46(48-18-7-8-21-53(48)62)43-33-36-52-51-20-9-12-26-58(51)68(3,4)61(52)41-43)44-34-31-42(32-35-44)45-37-38-50(49-19-6-5-17-47(45)49)55-24-15-25-56-54-22-11-14-30-64(54)70-66(55)56/h5-41H,1-4H3. The van der Waals surface area contributed by atoms with Crippen LogP contribution in [0.15, 0.2) is 229 Å². The van der Waals surface area contributed by atoms with Gasteiger partial charge < -0.3 is 9.32 Å². The van der Waals surface area contributed by atoms with Gasteiger partial charge in [0, 0.05) is 43.8 Å².